The van der Waals surface area contributed by atoms with Crippen molar-refractivity contribution in [1.82, 2.24) is 0 Å². The van der Waals surface area contributed by atoms with Crippen molar-refractivity contribution in [1.29, 1.82) is 0 Å². The predicted molar refractivity (Wildman–Crippen MR) is 85.2 cm³/mol. The molecule has 0 unspecified atom stereocenters. The summed E-state index contributed by atoms with van der Waals surface area (Å²) in [6.45, 7) is 2.47. The van der Waals surface area contributed by atoms with Crippen LogP contribution in [0.2, 0.25) is 0 Å². The first kappa shape index (κ1) is 15.0. The minimum Gasteiger partial charge on any atom is -0.504 e. The van der Waals surface area contributed by atoms with Crippen LogP contribution in [0, 0.1) is 0 Å². The minimum atomic E-state index is -0.144. The molecule has 0 radical (unpaired) electrons. The van der Waals surface area contributed by atoms with Gasteiger partial charge in [-0.2, -0.15) is 0 Å². The lowest BCUT2D eigenvalue weighted by atomic mass is 10.1. The van der Waals surface area contributed by atoms with E-state index in [-0.39, 0.29) is 18.3 Å². The fourth-order valence-electron chi connectivity index (χ4n) is 2.22. The van der Waals surface area contributed by atoms with Crippen LogP contribution < -0.4 is 14.2 Å². The summed E-state index contributed by atoms with van der Waals surface area (Å²) >= 11 is 0. The summed E-state index contributed by atoms with van der Waals surface area (Å²) in [7, 11) is 0. The Labute approximate surface area is 133 Å². The van der Waals surface area contributed by atoms with Gasteiger partial charge in [0.05, 0.1) is 6.61 Å². The number of fused-ring (bicyclic) bond motifs is 1. The summed E-state index contributed by atoms with van der Waals surface area (Å²) in [5.41, 5.74) is 1.29. The maximum Gasteiger partial charge on any atom is 0.231 e. The molecule has 1 aliphatic heterocycles. The molecular weight excluding hydrogens is 296 g/mol. The fraction of sp³-hybridized carbons (Fsp3) is 0.167. The van der Waals surface area contributed by atoms with Gasteiger partial charge in [0, 0.05) is 5.56 Å². The largest absolute Gasteiger partial charge is 0.504 e. The van der Waals surface area contributed by atoms with Crippen LogP contribution in [0.15, 0.2) is 42.5 Å². The van der Waals surface area contributed by atoms with Gasteiger partial charge in [-0.3, -0.25) is 4.79 Å². The van der Waals surface area contributed by atoms with E-state index in [2.05, 4.69) is 0 Å². The van der Waals surface area contributed by atoms with E-state index in [0.717, 1.165) is 5.56 Å². The number of hydrogen-bond donors (Lipinski definition) is 1. The van der Waals surface area contributed by atoms with Gasteiger partial charge >= 0.3 is 0 Å². The molecule has 0 saturated carbocycles. The molecule has 1 aliphatic rings. The summed E-state index contributed by atoms with van der Waals surface area (Å²) in [6.07, 6.45) is 3.15. The quantitative estimate of drug-likeness (QED) is 0.677. The lowest BCUT2D eigenvalue weighted by molar-refractivity contribution is 0.104. The van der Waals surface area contributed by atoms with E-state index in [1.807, 2.05) is 6.92 Å². The first-order valence-electron chi connectivity index (χ1n) is 7.25. The van der Waals surface area contributed by atoms with Crippen molar-refractivity contribution in [3.8, 4) is 23.0 Å². The summed E-state index contributed by atoms with van der Waals surface area (Å²) in [4.78, 5) is 12.2. The average molecular weight is 312 g/mol. The van der Waals surface area contributed by atoms with E-state index in [9.17, 15) is 9.90 Å². The van der Waals surface area contributed by atoms with Crippen molar-refractivity contribution in [2.24, 2.45) is 0 Å². The summed E-state index contributed by atoms with van der Waals surface area (Å²) in [5, 5.41) is 9.67. The molecule has 0 spiro atoms. The van der Waals surface area contributed by atoms with Crippen molar-refractivity contribution in [3.63, 3.8) is 0 Å². The monoisotopic (exact) mass is 312 g/mol. The molecule has 5 nitrogen and oxygen atoms in total. The van der Waals surface area contributed by atoms with Crippen LogP contribution in [0.4, 0.5) is 0 Å². The van der Waals surface area contributed by atoms with Gasteiger partial charge in [-0.15, -0.1) is 0 Å². The molecule has 1 heterocycles. The Morgan fingerprint density at radius 1 is 1.22 bits per heavy atom. The number of ether oxygens (including phenoxy) is 3. The zero-order chi connectivity index (χ0) is 16.2. The average Bonchev–Trinajstić information content (AvgIpc) is 3.03. The van der Waals surface area contributed by atoms with Crippen LogP contribution in [0.25, 0.3) is 6.08 Å². The number of benzene rings is 2. The van der Waals surface area contributed by atoms with Crippen LogP contribution >= 0.6 is 0 Å². The highest BCUT2D eigenvalue weighted by Crippen LogP contribution is 2.32. The Morgan fingerprint density at radius 2 is 2.04 bits per heavy atom. The Hall–Kier alpha value is -2.95. The normalized spacial score (nSPS) is 12.6. The number of ketones is 1. The molecule has 0 amide bonds. The van der Waals surface area contributed by atoms with Gasteiger partial charge in [-0.25, -0.2) is 0 Å². The van der Waals surface area contributed by atoms with Crippen molar-refractivity contribution < 1.29 is 24.1 Å². The molecule has 1 N–H and O–H groups in total. The number of allylic oxidation sites excluding steroid dienone is 1. The van der Waals surface area contributed by atoms with Crippen molar-refractivity contribution in [3.05, 3.63) is 53.6 Å². The van der Waals surface area contributed by atoms with Crippen molar-refractivity contribution in [2.75, 3.05) is 13.4 Å². The molecule has 118 valence electrons. The topological polar surface area (TPSA) is 65.0 Å². The highest BCUT2D eigenvalue weighted by Gasteiger charge is 2.15. The standard InChI is InChI=1S/C18H16O5/c1-2-21-17-9-12(4-7-15(17)20)3-6-14(19)13-5-8-16-18(10-13)23-11-22-16/h3-10,20H,2,11H2,1H3/b6-3+. The summed E-state index contributed by atoms with van der Waals surface area (Å²) in [6, 6.07) is 10.0. The highest BCUT2D eigenvalue weighted by molar-refractivity contribution is 6.07. The van der Waals surface area contributed by atoms with Gasteiger partial charge in [0.1, 0.15) is 0 Å². The molecule has 23 heavy (non-hydrogen) atoms. The Bertz CT molecular complexity index is 764. The molecule has 0 atom stereocenters. The number of carbonyl (C=O) groups is 1. The van der Waals surface area contributed by atoms with Crippen molar-refractivity contribution in [2.45, 2.75) is 6.92 Å². The molecule has 0 aromatic heterocycles. The van der Waals surface area contributed by atoms with E-state index in [1.54, 1.807) is 36.4 Å². The molecule has 0 saturated heterocycles. The first-order valence-corrected chi connectivity index (χ1v) is 7.25. The number of aromatic hydroxyl groups is 1. The van der Waals surface area contributed by atoms with Gasteiger partial charge in [-0.05, 0) is 48.9 Å². The third-order valence-corrected chi connectivity index (χ3v) is 3.37. The number of rotatable bonds is 5. The van der Waals surface area contributed by atoms with Gasteiger partial charge in [0.2, 0.25) is 6.79 Å². The third-order valence-electron chi connectivity index (χ3n) is 3.37. The molecule has 5 heteroatoms. The van der Waals surface area contributed by atoms with Gasteiger partial charge < -0.3 is 19.3 Å². The number of phenolic OH excluding ortho intramolecular Hbond substituents is 1. The summed E-state index contributed by atoms with van der Waals surface area (Å²) < 4.78 is 15.8. The molecule has 0 aliphatic carbocycles. The van der Waals surface area contributed by atoms with Crippen molar-refractivity contribution >= 4 is 11.9 Å². The van der Waals surface area contributed by atoms with Gasteiger partial charge in [0.15, 0.2) is 28.8 Å². The van der Waals surface area contributed by atoms with E-state index in [1.165, 1.54) is 12.1 Å². The zero-order valence-electron chi connectivity index (χ0n) is 12.6. The van der Waals surface area contributed by atoms with Gasteiger partial charge in [-0.1, -0.05) is 12.1 Å². The van der Waals surface area contributed by atoms with Crippen LogP contribution in [0.3, 0.4) is 0 Å². The second-order valence-electron chi connectivity index (χ2n) is 4.93. The third kappa shape index (κ3) is 3.29. The number of carbonyl (C=O) groups excluding carboxylic acids is 1. The van der Waals surface area contributed by atoms with Gasteiger partial charge in [0.25, 0.3) is 0 Å². The lowest BCUT2D eigenvalue weighted by Crippen LogP contribution is -1.95. The Morgan fingerprint density at radius 3 is 2.87 bits per heavy atom. The number of phenols is 1. The van der Waals surface area contributed by atoms with E-state index < -0.39 is 0 Å². The lowest BCUT2D eigenvalue weighted by Gasteiger charge is -2.06. The molecule has 0 bridgehead atoms. The molecular formula is C18H16O5. The second kappa shape index (κ2) is 6.44. The predicted octanol–water partition coefficient (Wildman–Crippen LogP) is 3.42. The molecule has 3 rings (SSSR count). The Kier molecular flexibility index (Phi) is 4.19. The first-order chi connectivity index (χ1) is 11.2. The van der Waals surface area contributed by atoms with Crippen LogP contribution in [-0.2, 0) is 0 Å². The maximum absolute atomic E-state index is 12.2. The maximum atomic E-state index is 12.2. The van der Waals surface area contributed by atoms with Crippen LogP contribution in [-0.4, -0.2) is 24.3 Å². The molecule has 0 fully saturated rings. The highest BCUT2D eigenvalue weighted by atomic mass is 16.7. The Balaban J connectivity index is 1.77. The van der Waals surface area contributed by atoms with E-state index in [4.69, 9.17) is 14.2 Å². The number of hydrogen-bond acceptors (Lipinski definition) is 5. The van der Waals surface area contributed by atoms with Crippen LogP contribution in [0.1, 0.15) is 22.8 Å². The second-order valence-corrected chi connectivity index (χ2v) is 4.93. The fourth-order valence-corrected chi connectivity index (χ4v) is 2.22. The molecule has 2 aromatic carbocycles. The summed E-state index contributed by atoms with van der Waals surface area (Å²) in [5.74, 6) is 1.54. The van der Waals surface area contributed by atoms with E-state index >= 15 is 0 Å². The molecule has 2 aromatic rings. The zero-order valence-corrected chi connectivity index (χ0v) is 12.6. The smallest absolute Gasteiger partial charge is 0.231 e. The minimum absolute atomic E-state index is 0.0751. The SMILES string of the molecule is CCOc1cc(/C=C/C(=O)c2ccc3c(c2)OCO3)ccc1O. The van der Waals surface area contributed by atoms with Crippen LogP contribution in [0.5, 0.6) is 23.0 Å². The van der Waals surface area contributed by atoms with E-state index in [0.29, 0.717) is 29.4 Å².